The molecule has 1 aliphatic carbocycles. The molecule has 0 aliphatic heterocycles. The molecule has 0 saturated heterocycles. The second kappa shape index (κ2) is 16.5. The van der Waals surface area contributed by atoms with E-state index in [0.717, 1.165) is 18.4 Å². The van der Waals surface area contributed by atoms with Gasteiger partial charge in [0.25, 0.3) is 5.91 Å². The Bertz CT molecular complexity index is 1810. The number of nitrogens with one attached hydrogen (secondary N) is 4. The van der Waals surface area contributed by atoms with E-state index in [1.807, 2.05) is 12.1 Å². The van der Waals surface area contributed by atoms with Gasteiger partial charge in [-0.25, -0.2) is 0 Å². The van der Waals surface area contributed by atoms with Gasteiger partial charge in [-0.3, -0.25) is 14.4 Å². The lowest BCUT2D eigenvalue weighted by atomic mass is 10.1. The van der Waals surface area contributed by atoms with E-state index in [1.54, 1.807) is 54.6 Å². The molecular weight excluding hydrogens is 693 g/mol. The topological polar surface area (TPSA) is 171 Å². The summed E-state index contributed by atoms with van der Waals surface area (Å²) in [4.78, 5) is 51.4. The average Bonchev–Trinajstić information content (AvgIpc) is 3.89. The second-order valence-electron chi connectivity index (χ2n) is 11.5. The van der Waals surface area contributed by atoms with Gasteiger partial charge in [-0.05, 0) is 73.4 Å². The third kappa shape index (κ3) is 10.8. The van der Waals surface area contributed by atoms with Crippen LogP contribution in [0.4, 0.5) is 36.4 Å². The number of aromatic nitrogens is 3. The Kier molecular flexibility index (Phi) is 11.9. The third-order valence-electron chi connectivity index (χ3n) is 7.65. The average molecular weight is 727 g/mol. The summed E-state index contributed by atoms with van der Waals surface area (Å²) in [5, 5.41) is 21.3. The van der Waals surface area contributed by atoms with E-state index in [0.29, 0.717) is 28.4 Å². The van der Waals surface area contributed by atoms with Crippen LogP contribution in [0.15, 0.2) is 78.9 Å². The van der Waals surface area contributed by atoms with Crippen LogP contribution in [-0.4, -0.2) is 81.7 Å². The van der Waals surface area contributed by atoms with Crippen molar-refractivity contribution in [1.82, 2.24) is 25.2 Å². The minimum Gasteiger partial charge on any atom is -0.454 e. The molecule has 0 unspecified atom stereocenters. The molecule has 13 nitrogen and oxygen atoms in total. The van der Waals surface area contributed by atoms with E-state index in [-0.39, 0.29) is 38.1 Å². The smallest absolute Gasteiger partial charge is 0.422 e. The Morgan fingerprint density at radius 2 is 1.57 bits per heavy atom. The Morgan fingerprint density at radius 3 is 2.22 bits per heavy atom. The molecule has 0 spiro atoms. The molecular formula is C34H34ClF3N8O5. The monoisotopic (exact) mass is 726 g/mol. The van der Waals surface area contributed by atoms with Crippen molar-refractivity contribution in [2.75, 3.05) is 48.8 Å². The van der Waals surface area contributed by atoms with Crippen molar-refractivity contribution in [3.05, 3.63) is 95.0 Å². The molecule has 51 heavy (non-hydrogen) atoms. The first kappa shape index (κ1) is 36.8. The number of amides is 3. The Balaban J connectivity index is 1.17. The fraction of sp³-hybridized carbons (Fsp3) is 0.294. The maximum Gasteiger partial charge on any atom is 0.422 e. The minimum atomic E-state index is -4.61. The highest BCUT2D eigenvalue weighted by Crippen LogP contribution is 2.48. The zero-order valence-corrected chi connectivity index (χ0v) is 27.8. The number of para-hydroxylation sites is 1. The van der Waals surface area contributed by atoms with Gasteiger partial charge in [0.05, 0.1) is 12.1 Å². The van der Waals surface area contributed by atoms with Crippen LogP contribution in [0.25, 0.3) is 0 Å². The fourth-order valence-electron chi connectivity index (χ4n) is 4.97. The van der Waals surface area contributed by atoms with Crippen LogP contribution >= 0.6 is 11.6 Å². The predicted octanol–water partition coefficient (Wildman–Crippen LogP) is 4.89. The fourth-order valence-corrected chi connectivity index (χ4v) is 5.09. The van der Waals surface area contributed by atoms with Gasteiger partial charge < -0.3 is 36.0 Å². The second-order valence-corrected chi connectivity index (χ2v) is 12.0. The number of benzene rings is 3. The van der Waals surface area contributed by atoms with E-state index in [2.05, 4.69) is 36.2 Å². The van der Waals surface area contributed by atoms with Crippen molar-refractivity contribution >= 4 is 52.6 Å². The molecule has 1 fully saturated rings. The highest BCUT2D eigenvalue weighted by Gasteiger charge is 2.45. The molecule has 0 radical (unpaired) electrons. The first-order chi connectivity index (χ1) is 24.4. The number of nitrogens with zero attached hydrogens (tertiary/aromatic N) is 4. The summed E-state index contributed by atoms with van der Waals surface area (Å²) in [6.45, 7) is -1.70. The van der Waals surface area contributed by atoms with Gasteiger partial charge in [0.2, 0.25) is 11.9 Å². The van der Waals surface area contributed by atoms with Crippen LogP contribution in [0.3, 0.4) is 0 Å². The highest BCUT2D eigenvalue weighted by atomic mass is 35.5. The summed E-state index contributed by atoms with van der Waals surface area (Å²) < 4.78 is 43.6. The van der Waals surface area contributed by atoms with Crippen LogP contribution in [0.1, 0.15) is 35.2 Å². The quantitative estimate of drug-likeness (QED) is 0.0840. The van der Waals surface area contributed by atoms with Gasteiger partial charge in [-0.1, -0.05) is 41.9 Å². The van der Waals surface area contributed by atoms with E-state index in [1.165, 1.54) is 17.0 Å². The third-order valence-corrected chi connectivity index (χ3v) is 7.91. The van der Waals surface area contributed by atoms with Crippen molar-refractivity contribution < 1.29 is 37.4 Å². The van der Waals surface area contributed by atoms with E-state index >= 15 is 0 Å². The van der Waals surface area contributed by atoms with Crippen molar-refractivity contribution in [2.24, 2.45) is 0 Å². The number of hydrogen-bond donors (Lipinski definition) is 5. The zero-order chi connectivity index (χ0) is 36.4. The summed E-state index contributed by atoms with van der Waals surface area (Å²) in [5.41, 5.74) is 1.58. The minimum absolute atomic E-state index is 0.00389. The van der Waals surface area contributed by atoms with Gasteiger partial charge in [-0.2, -0.15) is 28.1 Å². The van der Waals surface area contributed by atoms with E-state index in [4.69, 9.17) is 16.3 Å². The van der Waals surface area contributed by atoms with Gasteiger partial charge in [0.15, 0.2) is 6.61 Å². The first-order valence-corrected chi connectivity index (χ1v) is 16.2. The summed E-state index contributed by atoms with van der Waals surface area (Å²) in [6.07, 6.45) is -2.84. The van der Waals surface area contributed by atoms with Crippen LogP contribution in [0, 0.1) is 0 Å². The van der Waals surface area contributed by atoms with Crippen molar-refractivity contribution in [3.63, 3.8) is 0 Å². The number of hydrogen-bond acceptors (Lipinski definition) is 10. The molecule has 3 amide bonds. The van der Waals surface area contributed by atoms with E-state index in [9.17, 15) is 32.7 Å². The molecule has 1 aromatic heterocycles. The number of aliphatic hydroxyl groups excluding tert-OH is 1. The number of ether oxygens (including phenoxy) is 1. The normalized spacial score (nSPS) is 13.1. The van der Waals surface area contributed by atoms with Crippen molar-refractivity contribution in [2.45, 2.75) is 31.0 Å². The van der Waals surface area contributed by atoms with Crippen LogP contribution in [-0.2, 0) is 15.1 Å². The molecule has 3 aromatic carbocycles. The maximum absolute atomic E-state index is 12.9. The lowest BCUT2D eigenvalue weighted by Gasteiger charge is -2.21. The molecule has 268 valence electrons. The summed E-state index contributed by atoms with van der Waals surface area (Å²) in [7, 11) is 0. The lowest BCUT2D eigenvalue weighted by Crippen LogP contribution is -2.42. The zero-order valence-electron chi connectivity index (χ0n) is 27.0. The molecule has 0 bridgehead atoms. The van der Waals surface area contributed by atoms with Gasteiger partial charge in [-0.15, -0.1) is 0 Å². The summed E-state index contributed by atoms with van der Waals surface area (Å²) >= 11 is 6.02. The SMILES string of the molecule is O=C(Nc1ccccc1)C(=O)N(CCO)CCCNC(=O)c1ccc(Nc2nc(NC3(c4ccc(Cl)cc4)CC3)nc(OCC(F)(F)F)n2)cc1. The van der Waals surface area contributed by atoms with Crippen molar-refractivity contribution in [1.29, 1.82) is 0 Å². The first-order valence-electron chi connectivity index (χ1n) is 15.8. The number of alkyl halides is 3. The summed E-state index contributed by atoms with van der Waals surface area (Å²) in [5.74, 6) is -2.14. The number of carbonyl (C=O) groups is 3. The van der Waals surface area contributed by atoms with Crippen LogP contribution in [0.2, 0.25) is 5.02 Å². The predicted molar refractivity (Wildman–Crippen MR) is 183 cm³/mol. The van der Waals surface area contributed by atoms with Gasteiger partial charge in [0.1, 0.15) is 0 Å². The van der Waals surface area contributed by atoms with Gasteiger partial charge in [0, 0.05) is 41.6 Å². The number of aliphatic hydroxyl groups is 1. The molecule has 4 aromatic rings. The largest absolute Gasteiger partial charge is 0.454 e. The summed E-state index contributed by atoms with van der Waals surface area (Å²) in [6, 6.07) is 21.3. The molecule has 5 rings (SSSR count). The van der Waals surface area contributed by atoms with Crippen molar-refractivity contribution in [3.8, 4) is 6.01 Å². The highest BCUT2D eigenvalue weighted by molar-refractivity contribution is 6.39. The Morgan fingerprint density at radius 1 is 0.882 bits per heavy atom. The Labute approximate surface area is 295 Å². The molecule has 5 N–H and O–H groups in total. The maximum atomic E-state index is 12.9. The number of anilines is 4. The Hall–Kier alpha value is -5.48. The lowest BCUT2D eigenvalue weighted by molar-refractivity contribution is -0.154. The van der Waals surface area contributed by atoms with Crippen LogP contribution < -0.4 is 26.0 Å². The molecule has 1 heterocycles. The number of halogens is 4. The molecule has 1 saturated carbocycles. The van der Waals surface area contributed by atoms with Gasteiger partial charge >= 0.3 is 24.0 Å². The van der Waals surface area contributed by atoms with Crippen LogP contribution in [0.5, 0.6) is 6.01 Å². The van der Waals surface area contributed by atoms with E-state index < -0.39 is 42.1 Å². The standard InChI is InChI=1S/C34H34ClF3N8O5/c35-24-11-9-23(10-12-24)33(15-16-33)45-31-42-30(43-32(44-31)51-21-34(36,37)38)41-26-13-7-22(8-14-26)27(48)39-17-4-18-46(19-20-47)29(50)28(49)40-25-5-2-1-3-6-25/h1-3,5-14,47H,4,15-21H2,(H,39,48)(H,40,49)(H2,41,42,43,44,45). The number of carbonyl (C=O) groups excluding carboxylic acids is 3. The molecule has 0 atom stereocenters. The number of rotatable bonds is 15. The molecule has 1 aliphatic rings. The molecule has 17 heteroatoms.